The summed E-state index contributed by atoms with van der Waals surface area (Å²) in [5.74, 6) is 0.0992. The first kappa shape index (κ1) is 13.2. The lowest BCUT2D eigenvalue weighted by Gasteiger charge is -2.09. The lowest BCUT2D eigenvalue weighted by atomic mass is 9.93. The fourth-order valence-electron chi connectivity index (χ4n) is 3.19. The number of rotatable bonds is 0. The number of Topliss-reactive ketones (excluding diaryl/α,β-unsaturated/α-hetero) is 1. The van der Waals surface area contributed by atoms with Gasteiger partial charge >= 0.3 is 0 Å². The molecule has 0 fully saturated rings. The molecule has 1 aliphatic carbocycles. The molecule has 0 N–H and O–H groups in total. The second-order valence-corrected chi connectivity index (χ2v) is 5.60. The third-order valence-electron chi connectivity index (χ3n) is 4.28. The average molecular weight is 294 g/mol. The highest BCUT2D eigenvalue weighted by molar-refractivity contribution is 6.13. The first-order valence-corrected chi connectivity index (χ1v) is 7.26. The molecular weight excluding hydrogens is 284 g/mol. The highest BCUT2D eigenvalue weighted by Gasteiger charge is 2.11. The van der Waals surface area contributed by atoms with Crippen molar-refractivity contribution in [3.63, 3.8) is 0 Å². The Morgan fingerprint density at radius 1 is 0.913 bits per heavy atom. The van der Waals surface area contributed by atoms with Crippen LogP contribution >= 0.6 is 0 Å². The Balaban J connectivity index is 2.27. The maximum absolute atomic E-state index is 11.6. The Morgan fingerprint density at radius 3 is 2.48 bits per heavy atom. The number of nitrogens with zero attached hydrogens (tertiary/aromatic N) is 2. The lowest BCUT2D eigenvalue weighted by Crippen LogP contribution is -2.28. The number of ketones is 1. The second-order valence-electron chi connectivity index (χ2n) is 5.60. The molecule has 106 valence electrons. The summed E-state index contributed by atoms with van der Waals surface area (Å²) in [4.78, 5) is 11.6. The molecule has 0 aromatic heterocycles. The molecule has 0 heterocycles. The average Bonchev–Trinajstić information content (AvgIpc) is 2.58. The molecule has 0 spiro atoms. The zero-order valence-corrected chi connectivity index (χ0v) is 12.1. The van der Waals surface area contributed by atoms with E-state index in [0.29, 0.717) is 17.5 Å². The van der Waals surface area contributed by atoms with Crippen LogP contribution in [0.2, 0.25) is 0 Å². The highest BCUT2D eigenvalue weighted by Crippen LogP contribution is 2.28. The number of benzene rings is 3. The summed E-state index contributed by atoms with van der Waals surface area (Å²) in [5, 5.41) is 24.3. The minimum Gasteiger partial charge on any atom is -0.294 e. The van der Waals surface area contributed by atoms with Gasteiger partial charge in [0.25, 0.3) is 0 Å². The van der Waals surface area contributed by atoms with Gasteiger partial charge in [0, 0.05) is 11.8 Å². The molecule has 4 rings (SSSR count). The van der Waals surface area contributed by atoms with Crippen LogP contribution < -0.4 is 10.4 Å². The van der Waals surface area contributed by atoms with E-state index in [2.05, 4.69) is 12.1 Å². The van der Waals surface area contributed by atoms with Gasteiger partial charge in [0.05, 0.1) is 11.1 Å². The second kappa shape index (κ2) is 4.80. The van der Waals surface area contributed by atoms with Crippen molar-refractivity contribution in [1.82, 2.24) is 0 Å². The molecule has 0 saturated heterocycles. The van der Waals surface area contributed by atoms with Crippen LogP contribution in [0.1, 0.15) is 17.5 Å². The molecule has 3 nitrogen and oxygen atoms in total. The van der Waals surface area contributed by atoms with Crippen molar-refractivity contribution in [3.8, 4) is 12.1 Å². The summed E-state index contributed by atoms with van der Waals surface area (Å²) >= 11 is 0. The molecule has 0 atom stereocenters. The summed E-state index contributed by atoms with van der Waals surface area (Å²) < 4.78 is 0. The summed E-state index contributed by atoms with van der Waals surface area (Å²) in [5.41, 5.74) is 0.794. The SMILES string of the molecule is N#Cc1ccc2ccc3cc4c(cc3c2c1C#N)=CCC(=O)C=4. The number of fused-ring (bicyclic) bond motifs is 4. The van der Waals surface area contributed by atoms with E-state index in [0.717, 1.165) is 32.0 Å². The number of hydrogen-bond donors (Lipinski definition) is 0. The van der Waals surface area contributed by atoms with Crippen molar-refractivity contribution in [2.24, 2.45) is 0 Å². The van der Waals surface area contributed by atoms with Crippen molar-refractivity contribution in [2.45, 2.75) is 6.42 Å². The molecule has 3 aromatic rings. The topological polar surface area (TPSA) is 64.7 Å². The molecule has 23 heavy (non-hydrogen) atoms. The van der Waals surface area contributed by atoms with Crippen LogP contribution in [-0.4, -0.2) is 5.78 Å². The third kappa shape index (κ3) is 1.92. The fraction of sp³-hybridized carbons (Fsp3) is 0.0500. The van der Waals surface area contributed by atoms with E-state index in [-0.39, 0.29) is 5.78 Å². The van der Waals surface area contributed by atoms with Gasteiger partial charge in [-0.25, -0.2) is 0 Å². The molecule has 0 aliphatic heterocycles. The molecule has 0 amide bonds. The monoisotopic (exact) mass is 294 g/mol. The quantitative estimate of drug-likeness (QED) is 0.597. The summed E-state index contributed by atoms with van der Waals surface area (Å²) in [6.07, 6.45) is 3.98. The van der Waals surface area contributed by atoms with E-state index in [9.17, 15) is 15.3 Å². The first-order chi connectivity index (χ1) is 11.2. The summed E-state index contributed by atoms with van der Waals surface area (Å²) in [6.45, 7) is 0. The van der Waals surface area contributed by atoms with E-state index in [1.165, 1.54) is 0 Å². The molecular formula is C20H10N2O. The predicted octanol–water partition coefficient (Wildman–Crippen LogP) is 2.27. The number of nitriles is 2. The zero-order valence-electron chi connectivity index (χ0n) is 12.1. The van der Waals surface area contributed by atoms with Gasteiger partial charge in [-0.05, 0) is 50.9 Å². The van der Waals surface area contributed by atoms with E-state index in [1.807, 2.05) is 36.4 Å². The minimum atomic E-state index is 0.0992. The molecule has 0 bridgehead atoms. The Hall–Kier alpha value is -3.43. The molecule has 3 heteroatoms. The van der Waals surface area contributed by atoms with Crippen LogP contribution in [0.4, 0.5) is 0 Å². The van der Waals surface area contributed by atoms with Gasteiger partial charge < -0.3 is 0 Å². The van der Waals surface area contributed by atoms with Crippen LogP contribution in [0.25, 0.3) is 33.7 Å². The van der Waals surface area contributed by atoms with Crippen LogP contribution in [-0.2, 0) is 4.79 Å². The van der Waals surface area contributed by atoms with Crippen molar-refractivity contribution in [3.05, 3.63) is 58.0 Å². The fourth-order valence-corrected chi connectivity index (χ4v) is 3.19. The van der Waals surface area contributed by atoms with Crippen LogP contribution in [0, 0.1) is 22.7 Å². The maximum Gasteiger partial charge on any atom is 0.160 e. The van der Waals surface area contributed by atoms with E-state index >= 15 is 0 Å². The Bertz CT molecular complexity index is 1220. The largest absolute Gasteiger partial charge is 0.294 e. The maximum atomic E-state index is 11.6. The summed E-state index contributed by atoms with van der Waals surface area (Å²) in [7, 11) is 0. The zero-order chi connectivity index (χ0) is 16.0. The van der Waals surface area contributed by atoms with Crippen molar-refractivity contribution in [1.29, 1.82) is 10.5 Å². The normalized spacial score (nSPS) is 12.9. The van der Waals surface area contributed by atoms with E-state index in [1.54, 1.807) is 12.1 Å². The molecule has 3 aromatic carbocycles. The van der Waals surface area contributed by atoms with E-state index in [4.69, 9.17) is 0 Å². The van der Waals surface area contributed by atoms with Gasteiger partial charge in [-0.3, -0.25) is 4.79 Å². The predicted molar refractivity (Wildman–Crippen MR) is 88.7 cm³/mol. The van der Waals surface area contributed by atoms with Gasteiger partial charge in [0.1, 0.15) is 12.1 Å². The molecule has 0 unspecified atom stereocenters. The Labute approximate surface area is 132 Å². The van der Waals surface area contributed by atoms with Gasteiger partial charge in [-0.2, -0.15) is 10.5 Å². The minimum absolute atomic E-state index is 0.0992. The standard InChI is InChI=1S/C20H10N2O/c21-10-15-4-2-12-1-3-14-7-16-8-17(23)6-5-13(16)9-18(14)20(12)19(15)11-22/h1-5,7-9H,6H2. The Kier molecular flexibility index (Phi) is 2.76. The first-order valence-electron chi connectivity index (χ1n) is 7.26. The number of carbonyl (C=O) groups excluding carboxylic acids is 1. The lowest BCUT2D eigenvalue weighted by molar-refractivity contribution is -0.112. The Morgan fingerprint density at radius 2 is 1.70 bits per heavy atom. The molecule has 1 aliphatic rings. The smallest absolute Gasteiger partial charge is 0.160 e. The third-order valence-corrected chi connectivity index (χ3v) is 4.28. The van der Waals surface area contributed by atoms with Crippen molar-refractivity contribution < 1.29 is 4.79 Å². The van der Waals surface area contributed by atoms with Gasteiger partial charge in [-0.1, -0.05) is 24.3 Å². The van der Waals surface area contributed by atoms with E-state index < -0.39 is 0 Å². The summed E-state index contributed by atoms with van der Waals surface area (Å²) in [6, 6.07) is 15.7. The van der Waals surface area contributed by atoms with Gasteiger partial charge in [0.15, 0.2) is 5.78 Å². The van der Waals surface area contributed by atoms with Crippen LogP contribution in [0.15, 0.2) is 36.4 Å². The molecule has 0 radical (unpaired) electrons. The number of hydrogen-bond acceptors (Lipinski definition) is 3. The van der Waals surface area contributed by atoms with Crippen molar-refractivity contribution in [2.75, 3.05) is 0 Å². The number of carbonyl (C=O) groups is 1. The van der Waals surface area contributed by atoms with Crippen molar-refractivity contribution >= 4 is 39.5 Å². The van der Waals surface area contributed by atoms with Gasteiger partial charge in [0.2, 0.25) is 0 Å². The molecule has 0 saturated carbocycles. The van der Waals surface area contributed by atoms with Crippen LogP contribution in [0.5, 0.6) is 0 Å². The highest BCUT2D eigenvalue weighted by atomic mass is 16.1. The van der Waals surface area contributed by atoms with Crippen LogP contribution in [0.3, 0.4) is 0 Å². The van der Waals surface area contributed by atoms with Gasteiger partial charge in [-0.15, -0.1) is 0 Å².